The fourth-order valence-corrected chi connectivity index (χ4v) is 3.58. The third kappa shape index (κ3) is 4.77. The molecule has 1 aromatic carbocycles. The molecule has 3 amide bonds. The van der Waals surface area contributed by atoms with Crippen molar-refractivity contribution >= 4 is 23.6 Å². The van der Waals surface area contributed by atoms with Gasteiger partial charge < -0.3 is 25.0 Å². The monoisotopic (exact) mass is 375 g/mol. The van der Waals surface area contributed by atoms with E-state index in [2.05, 4.69) is 5.32 Å². The van der Waals surface area contributed by atoms with Crippen LogP contribution >= 0.6 is 0 Å². The Morgan fingerprint density at radius 2 is 1.89 bits per heavy atom. The fourth-order valence-electron chi connectivity index (χ4n) is 3.58. The quantitative estimate of drug-likeness (QED) is 0.838. The lowest BCUT2D eigenvalue weighted by atomic mass is 9.91. The van der Waals surface area contributed by atoms with Gasteiger partial charge in [-0.1, -0.05) is 13.0 Å². The lowest BCUT2D eigenvalue weighted by Crippen LogP contribution is -2.47. The second kappa shape index (κ2) is 8.39. The number of amides is 3. The predicted octanol–water partition coefficient (Wildman–Crippen LogP) is 1.73. The van der Waals surface area contributed by atoms with E-state index in [4.69, 9.17) is 4.74 Å². The van der Waals surface area contributed by atoms with E-state index in [-0.39, 0.29) is 24.4 Å². The lowest BCUT2D eigenvalue weighted by molar-refractivity contribution is -0.143. The second-order valence-electron chi connectivity index (χ2n) is 7.20. The van der Waals surface area contributed by atoms with Crippen LogP contribution < -0.4 is 5.32 Å². The molecule has 2 fully saturated rings. The average molecular weight is 375 g/mol. The molecule has 0 aromatic heterocycles. The summed E-state index contributed by atoms with van der Waals surface area (Å²) in [6, 6.07) is 6.47. The van der Waals surface area contributed by atoms with Gasteiger partial charge in [0.2, 0.25) is 0 Å². The molecule has 2 N–H and O–H groups in total. The maximum atomic E-state index is 12.6. The number of rotatable bonds is 3. The summed E-state index contributed by atoms with van der Waals surface area (Å²) in [6.07, 6.45) is 0.572. The first-order chi connectivity index (χ1) is 12.9. The van der Waals surface area contributed by atoms with Crippen LogP contribution in [0.4, 0.5) is 10.5 Å². The molecular weight excluding hydrogens is 350 g/mol. The van der Waals surface area contributed by atoms with Crippen LogP contribution in [0.3, 0.4) is 0 Å². The van der Waals surface area contributed by atoms with E-state index in [9.17, 15) is 19.5 Å². The lowest BCUT2D eigenvalue weighted by Gasteiger charge is -2.34. The molecule has 1 aromatic rings. The minimum absolute atomic E-state index is 0.0908. The number of piperidine rings is 1. The SMILES string of the molecule is CC1CC(C(=O)O)CN(C(=O)Nc2cccc(C(=O)N3CCOCC3)c2)C1. The predicted molar refractivity (Wildman–Crippen MR) is 98.7 cm³/mol. The number of ether oxygens (including phenoxy) is 1. The smallest absolute Gasteiger partial charge is 0.321 e. The summed E-state index contributed by atoms with van der Waals surface area (Å²) in [5, 5.41) is 12.0. The van der Waals surface area contributed by atoms with Gasteiger partial charge in [0, 0.05) is 37.4 Å². The third-order valence-electron chi connectivity index (χ3n) is 4.96. The van der Waals surface area contributed by atoms with Gasteiger partial charge in [0.25, 0.3) is 5.91 Å². The van der Waals surface area contributed by atoms with E-state index >= 15 is 0 Å². The van der Waals surface area contributed by atoms with Crippen molar-refractivity contribution < 1.29 is 24.2 Å². The van der Waals surface area contributed by atoms with Crippen molar-refractivity contribution in [2.24, 2.45) is 11.8 Å². The molecule has 8 nitrogen and oxygen atoms in total. The van der Waals surface area contributed by atoms with Gasteiger partial charge in [-0.05, 0) is 30.5 Å². The molecule has 0 aliphatic carbocycles. The number of carbonyl (C=O) groups excluding carboxylic acids is 2. The van der Waals surface area contributed by atoms with Crippen LogP contribution in [-0.4, -0.2) is 72.2 Å². The molecule has 146 valence electrons. The largest absolute Gasteiger partial charge is 0.481 e. The minimum Gasteiger partial charge on any atom is -0.481 e. The Hall–Kier alpha value is -2.61. The number of carbonyl (C=O) groups is 3. The highest BCUT2D eigenvalue weighted by Gasteiger charge is 2.32. The Morgan fingerprint density at radius 3 is 2.59 bits per heavy atom. The number of anilines is 1. The van der Waals surface area contributed by atoms with E-state index in [0.717, 1.165) is 0 Å². The number of carboxylic acids is 1. The number of urea groups is 1. The Bertz CT molecular complexity index is 717. The molecule has 0 bridgehead atoms. The first-order valence-electron chi connectivity index (χ1n) is 9.20. The molecule has 3 rings (SSSR count). The van der Waals surface area contributed by atoms with Gasteiger partial charge in [-0.25, -0.2) is 4.79 Å². The highest BCUT2D eigenvalue weighted by molar-refractivity contribution is 5.97. The van der Waals surface area contributed by atoms with Gasteiger partial charge in [-0.2, -0.15) is 0 Å². The number of benzene rings is 1. The van der Waals surface area contributed by atoms with E-state index in [1.807, 2.05) is 6.92 Å². The van der Waals surface area contributed by atoms with E-state index in [1.165, 1.54) is 4.90 Å². The first-order valence-corrected chi connectivity index (χ1v) is 9.20. The highest BCUT2D eigenvalue weighted by atomic mass is 16.5. The van der Waals surface area contributed by atoms with Crippen molar-refractivity contribution in [1.82, 2.24) is 9.80 Å². The number of hydrogen-bond donors (Lipinski definition) is 2. The molecule has 0 saturated carbocycles. The Labute approximate surface area is 158 Å². The molecular formula is C19H25N3O5. The van der Waals surface area contributed by atoms with Gasteiger partial charge in [0.1, 0.15) is 0 Å². The highest BCUT2D eigenvalue weighted by Crippen LogP contribution is 2.23. The van der Waals surface area contributed by atoms with Crippen molar-refractivity contribution in [2.45, 2.75) is 13.3 Å². The summed E-state index contributed by atoms with van der Waals surface area (Å²) in [5.74, 6) is -1.39. The van der Waals surface area contributed by atoms with Gasteiger partial charge in [0.15, 0.2) is 0 Å². The van der Waals surface area contributed by atoms with Crippen LogP contribution in [0.25, 0.3) is 0 Å². The van der Waals surface area contributed by atoms with Gasteiger partial charge >= 0.3 is 12.0 Å². The summed E-state index contributed by atoms with van der Waals surface area (Å²) >= 11 is 0. The standard InChI is InChI=1S/C19H25N3O5/c1-13-9-15(18(24)25)12-22(11-13)19(26)20-16-4-2-3-14(10-16)17(23)21-5-7-27-8-6-21/h2-4,10,13,15H,5-9,11-12H2,1H3,(H,20,26)(H,24,25). The topological polar surface area (TPSA) is 99.2 Å². The van der Waals surface area contributed by atoms with Crippen LogP contribution in [0, 0.1) is 11.8 Å². The summed E-state index contributed by atoms with van der Waals surface area (Å²) in [4.78, 5) is 39.7. The number of nitrogens with zero attached hydrogens (tertiary/aromatic N) is 2. The van der Waals surface area contributed by atoms with Gasteiger partial charge in [-0.15, -0.1) is 0 Å². The zero-order valence-corrected chi connectivity index (χ0v) is 15.4. The van der Waals surface area contributed by atoms with Crippen molar-refractivity contribution in [3.8, 4) is 0 Å². The third-order valence-corrected chi connectivity index (χ3v) is 4.96. The Morgan fingerprint density at radius 1 is 1.15 bits per heavy atom. The van der Waals surface area contributed by atoms with Gasteiger partial charge in [0.05, 0.1) is 19.1 Å². The zero-order chi connectivity index (χ0) is 19.4. The van der Waals surface area contributed by atoms with E-state index in [1.54, 1.807) is 29.2 Å². The molecule has 2 atom stereocenters. The van der Waals surface area contributed by atoms with Crippen LogP contribution in [0.15, 0.2) is 24.3 Å². The normalized spacial score (nSPS) is 23.0. The molecule has 2 unspecified atom stereocenters. The number of carboxylic acid groups (broad SMARTS) is 1. The molecule has 2 saturated heterocycles. The van der Waals surface area contributed by atoms with Crippen LogP contribution in [0.5, 0.6) is 0 Å². The van der Waals surface area contributed by atoms with Crippen LogP contribution in [0.1, 0.15) is 23.7 Å². The van der Waals surface area contributed by atoms with E-state index in [0.29, 0.717) is 50.5 Å². The van der Waals surface area contributed by atoms with Crippen molar-refractivity contribution in [3.05, 3.63) is 29.8 Å². The summed E-state index contributed by atoms with van der Waals surface area (Å²) in [7, 11) is 0. The Kier molecular flexibility index (Phi) is 5.95. The summed E-state index contributed by atoms with van der Waals surface area (Å²) < 4.78 is 5.27. The fraction of sp³-hybridized carbons (Fsp3) is 0.526. The van der Waals surface area contributed by atoms with Crippen LogP contribution in [0.2, 0.25) is 0 Å². The molecule has 0 radical (unpaired) electrons. The van der Waals surface area contributed by atoms with Crippen LogP contribution in [-0.2, 0) is 9.53 Å². The number of likely N-dealkylation sites (tertiary alicyclic amines) is 1. The maximum absolute atomic E-state index is 12.6. The summed E-state index contributed by atoms with van der Waals surface area (Å²) in [5.41, 5.74) is 1.02. The minimum atomic E-state index is -0.877. The summed E-state index contributed by atoms with van der Waals surface area (Å²) in [6.45, 7) is 4.81. The molecule has 2 aliphatic rings. The number of nitrogens with one attached hydrogen (secondary N) is 1. The number of morpholine rings is 1. The molecule has 2 heterocycles. The van der Waals surface area contributed by atoms with E-state index < -0.39 is 11.9 Å². The number of aliphatic carboxylic acids is 1. The molecule has 8 heteroatoms. The van der Waals surface area contributed by atoms with Crippen molar-refractivity contribution in [3.63, 3.8) is 0 Å². The molecule has 2 aliphatic heterocycles. The molecule has 27 heavy (non-hydrogen) atoms. The second-order valence-corrected chi connectivity index (χ2v) is 7.20. The first kappa shape index (κ1) is 19.2. The Balaban J connectivity index is 1.65. The average Bonchev–Trinajstić information content (AvgIpc) is 2.67. The zero-order valence-electron chi connectivity index (χ0n) is 15.4. The van der Waals surface area contributed by atoms with Gasteiger partial charge in [-0.3, -0.25) is 9.59 Å². The maximum Gasteiger partial charge on any atom is 0.321 e. The van der Waals surface area contributed by atoms with Crippen molar-refractivity contribution in [2.75, 3.05) is 44.7 Å². The molecule has 0 spiro atoms. The van der Waals surface area contributed by atoms with Crippen molar-refractivity contribution in [1.29, 1.82) is 0 Å². The number of hydrogen-bond acceptors (Lipinski definition) is 4.